The Morgan fingerprint density at radius 1 is 1.18 bits per heavy atom. The summed E-state index contributed by atoms with van der Waals surface area (Å²) in [5, 5.41) is 13.6. The van der Waals surface area contributed by atoms with Crippen LogP contribution in [-0.2, 0) is 11.2 Å². The molecule has 1 aromatic rings. The summed E-state index contributed by atoms with van der Waals surface area (Å²) < 4.78 is 10.6. The maximum Gasteiger partial charge on any atom is 0.408 e. The van der Waals surface area contributed by atoms with Crippen molar-refractivity contribution in [3.63, 3.8) is 0 Å². The number of guanidine groups is 1. The Balaban J connectivity index is 2.60. The molecular weight excluding hydrogens is 358 g/mol. The van der Waals surface area contributed by atoms with E-state index < -0.39 is 17.2 Å². The van der Waals surface area contributed by atoms with E-state index in [4.69, 9.17) is 9.26 Å². The lowest BCUT2D eigenvalue weighted by Gasteiger charge is -2.34. The zero-order chi connectivity index (χ0) is 21.4. The van der Waals surface area contributed by atoms with E-state index in [-0.39, 0.29) is 0 Å². The number of aromatic nitrogens is 1. The zero-order valence-electron chi connectivity index (χ0n) is 18.7. The number of amides is 1. The second-order valence-corrected chi connectivity index (χ2v) is 8.02. The largest absolute Gasteiger partial charge is 0.444 e. The van der Waals surface area contributed by atoms with Crippen LogP contribution in [-0.4, -0.2) is 48.5 Å². The smallest absolute Gasteiger partial charge is 0.408 e. The van der Waals surface area contributed by atoms with Crippen LogP contribution in [0.1, 0.15) is 64.5 Å². The molecule has 160 valence electrons. The molecule has 0 atom stereocenters. The predicted molar refractivity (Wildman–Crippen MR) is 112 cm³/mol. The van der Waals surface area contributed by atoms with Crippen molar-refractivity contribution in [1.82, 2.24) is 21.1 Å². The van der Waals surface area contributed by atoms with Crippen molar-refractivity contribution in [1.29, 1.82) is 0 Å². The number of ether oxygens (including phenoxy) is 1. The lowest BCUT2D eigenvalue weighted by atomic mass is 9.93. The van der Waals surface area contributed by atoms with E-state index in [1.54, 1.807) is 7.05 Å². The normalized spacial score (nSPS) is 12.6. The molecule has 0 spiro atoms. The van der Waals surface area contributed by atoms with Crippen LogP contribution in [0.25, 0.3) is 0 Å². The molecule has 0 aliphatic rings. The third kappa shape index (κ3) is 7.40. The van der Waals surface area contributed by atoms with Gasteiger partial charge in [0.15, 0.2) is 5.96 Å². The highest BCUT2D eigenvalue weighted by Gasteiger charge is 2.30. The molecule has 1 rings (SSSR count). The van der Waals surface area contributed by atoms with Gasteiger partial charge in [-0.15, -0.1) is 0 Å². The summed E-state index contributed by atoms with van der Waals surface area (Å²) in [6.07, 6.45) is 1.93. The van der Waals surface area contributed by atoms with Crippen LogP contribution < -0.4 is 16.0 Å². The van der Waals surface area contributed by atoms with Gasteiger partial charge in [-0.1, -0.05) is 19.0 Å². The average Bonchev–Trinajstić information content (AvgIpc) is 2.93. The Morgan fingerprint density at radius 2 is 1.82 bits per heavy atom. The Hall–Kier alpha value is -2.25. The quantitative estimate of drug-likeness (QED) is 0.462. The molecule has 0 aliphatic heterocycles. The van der Waals surface area contributed by atoms with E-state index in [1.807, 2.05) is 34.6 Å². The Labute approximate surface area is 168 Å². The molecule has 8 heteroatoms. The van der Waals surface area contributed by atoms with Gasteiger partial charge < -0.3 is 25.2 Å². The SMILES string of the molecule is CCC(CC)(CNC(=NC)NCCc1c(C)noc1C)NC(=O)OC(C)(C)C. The van der Waals surface area contributed by atoms with Crippen LogP contribution in [0.5, 0.6) is 0 Å². The first-order valence-corrected chi connectivity index (χ1v) is 9.93. The second kappa shape index (κ2) is 10.3. The van der Waals surface area contributed by atoms with Gasteiger partial charge in [0.25, 0.3) is 0 Å². The van der Waals surface area contributed by atoms with Crippen LogP contribution >= 0.6 is 0 Å². The zero-order valence-corrected chi connectivity index (χ0v) is 18.7. The highest BCUT2D eigenvalue weighted by atomic mass is 16.6. The minimum absolute atomic E-state index is 0.403. The molecule has 1 heterocycles. The van der Waals surface area contributed by atoms with Crippen molar-refractivity contribution in [2.24, 2.45) is 4.99 Å². The Kier molecular flexibility index (Phi) is 8.78. The van der Waals surface area contributed by atoms with Gasteiger partial charge in [0.2, 0.25) is 0 Å². The van der Waals surface area contributed by atoms with E-state index in [2.05, 4.69) is 39.9 Å². The van der Waals surface area contributed by atoms with Crippen molar-refractivity contribution < 1.29 is 14.1 Å². The number of hydrogen-bond acceptors (Lipinski definition) is 5. The summed E-state index contributed by atoms with van der Waals surface area (Å²) in [6.45, 7) is 14.8. The number of nitrogens with zero attached hydrogens (tertiary/aromatic N) is 2. The molecule has 1 amide bonds. The molecular formula is C20H37N5O3. The number of rotatable bonds is 8. The number of aliphatic imine (C=N–C) groups is 1. The first-order valence-electron chi connectivity index (χ1n) is 9.93. The number of nitrogens with one attached hydrogen (secondary N) is 3. The molecule has 28 heavy (non-hydrogen) atoms. The first kappa shape index (κ1) is 23.8. The fraction of sp³-hybridized carbons (Fsp3) is 0.750. The molecule has 0 fully saturated rings. The lowest BCUT2D eigenvalue weighted by Crippen LogP contribution is -2.57. The summed E-state index contributed by atoms with van der Waals surface area (Å²) in [4.78, 5) is 16.5. The molecule has 0 radical (unpaired) electrons. The molecule has 1 aromatic heterocycles. The van der Waals surface area contributed by atoms with Crippen LogP contribution in [0.3, 0.4) is 0 Å². The molecule has 3 N–H and O–H groups in total. The minimum Gasteiger partial charge on any atom is -0.444 e. The summed E-state index contributed by atoms with van der Waals surface area (Å²) in [7, 11) is 1.73. The fourth-order valence-electron chi connectivity index (χ4n) is 2.88. The van der Waals surface area contributed by atoms with Gasteiger partial charge in [-0.25, -0.2) is 4.79 Å². The average molecular weight is 396 g/mol. The number of aryl methyl sites for hydroxylation is 2. The molecule has 0 saturated carbocycles. The number of carbonyl (C=O) groups excluding carboxylic acids is 1. The van der Waals surface area contributed by atoms with Gasteiger partial charge >= 0.3 is 6.09 Å². The highest BCUT2D eigenvalue weighted by Crippen LogP contribution is 2.16. The third-order valence-corrected chi connectivity index (χ3v) is 4.79. The van der Waals surface area contributed by atoms with Crippen LogP contribution in [0.2, 0.25) is 0 Å². The Morgan fingerprint density at radius 3 is 2.29 bits per heavy atom. The van der Waals surface area contributed by atoms with Gasteiger partial charge in [-0.2, -0.15) is 0 Å². The maximum atomic E-state index is 12.3. The van der Waals surface area contributed by atoms with Crippen molar-refractivity contribution in [2.45, 2.75) is 78.9 Å². The summed E-state index contributed by atoms with van der Waals surface area (Å²) in [6, 6.07) is 0. The van der Waals surface area contributed by atoms with Crippen molar-refractivity contribution in [3.8, 4) is 0 Å². The van der Waals surface area contributed by atoms with Crippen LogP contribution in [0, 0.1) is 13.8 Å². The summed E-state index contributed by atoms with van der Waals surface area (Å²) in [5.74, 6) is 1.53. The van der Waals surface area contributed by atoms with Gasteiger partial charge in [-0.3, -0.25) is 4.99 Å². The van der Waals surface area contributed by atoms with E-state index in [0.29, 0.717) is 19.0 Å². The van der Waals surface area contributed by atoms with Crippen LogP contribution in [0.4, 0.5) is 4.79 Å². The van der Waals surface area contributed by atoms with Crippen LogP contribution in [0.15, 0.2) is 9.52 Å². The lowest BCUT2D eigenvalue weighted by molar-refractivity contribution is 0.0448. The Bertz CT molecular complexity index is 638. The number of alkyl carbamates (subject to hydrolysis) is 1. The fourth-order valence-corrected chi connectivity index (χ4v) is 2.88. The molecule has 8 nitrogen and oxygen atoms in total. The van der Waals surface area contributed by atoms with E-state index in [9.17, 15) is 4.79 Å². The standard InChI is InChI=1S/C20H37N5O3/c1-9-20(10-2,24-18(26)27-19(5,6)7)13-23-17(21-8)22-12-11-16-14(3)25-28-15(16)4/h9-13H2,1-8H3,(H,24,26)(H2,21,22,23). The molecule has 0 saturated heterocycles. The molecule has 0 bridgehead atoms. The number of carbonyl (C=O) groups is 1. The minimum atomic E-state index is -0.527. The van der Waals surface area contributed by atoms with Crippen molar-refractivity contribution in [3.05, 3.63) is 17.0 Å². The van der Waals surface area contributed by atoms with Crippen molar-refractivity contribution in [2.75, 3.05) is 20.1 Å². The van der Waals surface area contributed by atoms with Gasteiger partial charge in [0.05, 0.1) is 11.2 Å². The predicted octanol–water partition coefficient (Wildman–Crippen LogP) is 3.08. The monoisotopic (exact) mass is 395 g/mol. The number of hydrogen-bond donors (Lipinski definition) is 3. The highest BCUT2D eigenvalue weighted by molar-refractivity contribution is 5.79. The topological polar surface area (TPSA) is 101 Å². The van der Waals surface area contributed by atoms with E-state index in [1.165, 1.54) is 0 Å². The molecule has 0 unspecified atom stereocenters. The summed E-state index contributed by atoms with van der Waals surface area (Å²) >= 11 is 0. The van der Waals surface area contributed by atoms with Crippen molar-refractivity contribution >= 4 is 12.1 Å². The maximum absolute atomic E-state index is 12.3. The van der Waals surface area contributed by atoms with E-state index >= 15 is 0 Å². The van der Waals surface area contributed by atoms with E-state index in [0.717, 1.165) is 36.3 Å². The van der Waals surface area contributed by atoms with Gasteiger partial charge in [-0.05, 0) is 53.9 Å². The molecule has 0 aliphatic carbocycles. The third-order valence-electron chi connectivity index (χ3n) is 4.79. The van der Waals surface area contributed by atoms with Gasteiger partial charge in [0.1, 0.15) is 11.4 Å². The summed E-state index contributed by atoms with van der Waals surface area (Å²) in [5.41, 5.74) is 1.09. The first-order chi connectivity index (χ1) is 13.1. The second-order valence-electron chi connectivity index (χ2n) is 8.02. The van der Waals surface area contributed by atoms with Gasteiger partial charge in [0, 0.05) is 25.7 Å². The molecule has 0 aromatic carbocycles.